The Balaban J connectivity index is 2.50. The molecule has 1 aromatic heterocycles. The van der Waals surface area contributed by atoms with Gasteiger partial charge >= 0.3 is 0 Å². The van der Waals surface area contributed by atoms with E-state index in [-0.39, 0.29) is 0 Å². The molecular weight excluding hydrogens is 219 g/mol. The van der Waals surface area contributed by atoms with Gasteiger partial charge in [-0.25, -0.2) is 0 Å². The van der Waals surface area contributed by atoms with Crippen molar-refractivity contribution < 1.29 is 7.48 Å². The van der Waals surface area contributed by atoms with E-state index in [0.717, 1.165) is 5.56 Å². The third-order valence-electron chi connectivity index (χ3n) is 0.801. The van der Waals surface area contributed by atoms with Gasteiger partial charge in [0.25, 0.3) is 0 Å². The number of furan rings is 1. The molecule has 1 heterocycles. The van der Waals surface area contributed by atoms with Crippen LogP contribution in [0.15, 0.2) is 23.0 Å². The molecular formula is C5H5IO2. The molecule has 0 aliphatic heterocycles. The second kappa shape index (κ2) is 3.09. The van der Waals surface area contributed by atoms with Gasteiger partial charge in [-0.1, -0.05) is 0 Å². The van der Waals surface area contributed by atoms with Crippen LogP contribution in [0.2, 0.25) is 0 Å². The van der Waals surface area contributed by atoms with Crippen molar-refractivity contribution in [1.82, 2.24) is 0 Å². The summed E-state index contributed by atoms with van der Waals surface area (Å²) in [6.45, 7) is 0.622. The maximum atomic E-state index is 4.80. The zero-order chi connectivity index (χ0) is 5.82. The molecule has 0 atom stereocenters. The second-order valence-electron chi connectivity index (χ2n) is 1.39. The van der Waals surface area contributed by atoms with E-state index in [1.165, 1.54) is 0 Å². The fourth-order valence-electron chi connectivity index (χ4n) is 0.438. The first-order valence-electron chi connectivity index (χ1n) is 2.18. The molecule has 2 nitrogen and oxygen atoms in total. The Morgan fingerprint density at radius 1 is 1.75 bits per heavy atom. The molecule has 0 aliphatic carbocycles. The minimum atomic E-state index is 0.622. The van der Waals surface area contributed by atoms with Crippen LogP contribution in [0.3, 0.4) is 0 Å². The molecule has 0 aromatic carbocycles. The first kappa shape index (κ1) is 6.10. The molecule has 0 bridgehead atoms. The lowest BCUT2D eigenvalue weighted by Crippen LogP contribution is -1.75. The van der Waals surface area contributed by atoms with Gasteiger partial charge in [-0.3, -0.25) is 0 Å². The molecule has 0 radical (unpaired) electrons. The number of halogens is 1. The molecule has 0 unspecified atom stereocenters. The van der Waals surface area contributed by atoms with Crippen LogP contribution < -0.4 is 0 Å². The van der Waals surface area contributed by atoms with Gasteiger partial charge in [0.2, 0.25) is 0 Å². The highest BCUT2D eigenvalue weighted by Gasteiger charge is 1.89. The first-order valence-corrected chi connectivity index (χ1v) is 3.06. The summed E-state index contributed by atoms with van der Waals surface area (Å²) < 4.78 is 9.58. The summed E-state index contributed by atoms with van der Waals surface area (Å²) in [5, 5.41) is 0. The van der Waals surface area contributed by atoms with E-state index in [9.17, 15) is 0 Å². The Bertz CT molecular complexity index is 136. The predicted molar refractivity (Wildman–Crippen MR) is 37.5 cm³/mol. The summed E-state index contributed by atoms with van der Waals surface area (Å²) in [5.41, 5.74) is 1.07. The van der Waals surface area contributed by atoms with Crippen LogP contribution >= 0.6 is 23.0 Å². The van der Waals surface area contributed by atoms with E-state index in [1.807, 2.05) is 29.1 Å². The van der Waals surface area contributed by atoms with Crippen LogP contribution in [0.1, 0.15) is 5.56 Å². The largest absolute Gasteiger partial charge is 0.472 e. The first-order chi connectivity index (χ1) is 3.93. The van der Waals surface area contributed by atoms with Gasteiger partial charge in [0.15, 0.2) is 0 Å². The molecule has 0 aliphatic rings. The number of rotatable bonds is 2. The van der Waals surface area contributed by atoms with Gasteiger partial charge in [-0.2, -0.15) is 0 Å². The van der Waals surface area contributed by atoms with Gasteiger partial charge in [0.1, 0.15) is 23.0 Å². The summed E-state index contributed by atoms with van der Waals surface area (Å²) in [6.07, 6.45) is 3.30. The Labute approximate surface area is 61.5 Å². The average molecular weight is 224 g/mol. The van der Waals surface area contributed by atoms with Crippen LogP contribution in [0.5, 0.6) is 0 Å². The number of hydrogen-bond donors (Lipinski definition) is 0. The topological polar surface area (TPSA) is 22.4 Å². The third-order valence-corrected chi connectivity index (χ3v) is 1.11. The van der Waals surface area contributed by atoms with Crippen LogP contribution in [-0.4, -0.2) is 0 Å². The van der Waals surface area contributed by atoms with Crippen LogP contribution in [0, 0.1) is 0 Å². The van der Waals surface area contributed by atoms with Crippen molar-refractivity contribution >= 4 is 23.0 Å². The monoisotopic (exact) mass is 224 g/mol. The second-order valence-corrected chi connectivity index (χ2v) is 2.01. The summed E-state index contributed by atoms with van der Waals surface area (Å²) in [7, 11) is 0. The van der Waals surface area contributed by atoms with E-state index in [4.69, 9.17) is 7.48 Å². The highest BCUT2D eigenvalue weighted by Crippen LogP contribution is 2.03. The van der Waals surface area contributed by atoms with E-state index >= 15 is 0 Å². The lowest BCUT2D eigenvalue weighted by atomic mass is 10.4. The zero-order valence-corrected chi connectivity index (χ0v) is 6.29. The minimum absolute atomic E-state index is 0.622. The summed E-state index contributed by atoms with van der Waals surface area (Å²) in [4.78, 5) is 0. The average Bonchev–Trinajstić information content (AvgIpc) is 2.19. The Kier molecular flexibility index (Phi) is 2.35. The fraction of sp³-hybridized carbons (Fsp3) is 0.200. The normalized spacial score (nSPS) is 9.62. The highest BCUT2D eigenvalue weighted by atomic mass is 127. The standard InChI is InChI=1S/C5H5IO2/c6-8-4-5-1-2-7-3-5/h1-3H,4H2. The third kappa shape index (κ3) is 1.48. The molecule has 0 spiro atoms. The molecule has 0 N–H and O–H groups in total. The van der Waals surface area contributed by atoms with Crippen molar-refractivity contribution in [2.45, 2.75) is 6.61 Å². The fourth-order valence-corrected chi connectivity index (χ4v) is 0.797. The van der Waals surface area contributed by atoms with E-state index in [1.54, 1.807) is 12.5 Å². The van der Waals surface area contributed by atoms with Crippen molar-refractivity contribution in [3.05, 3.63) is 24.2 Å². The Morgan fingerprint density at radius 3 is 3.12 bits per heavy atom. The van der Waals surface area contributed by atoms with Crippen molar-refractivity contribution in [2.75, 3.05) is 0 Å². The zero-order valence-electron chi connectivity index (χ0n) is 4.13. The molecule has 44 valence electrons. The molecule has 0 fully saturated rings. The maximum absolute atomic E-state index is 4.80. The van der Waals surface area contributed by atoms with Gasteiger partial charge in [-0.15, -0.1) is 0 Å². The molecule has 3 heteroatoms. The van der Waals surface area contributed by atoms with Crippen molar-refractivity contribution in [2.24, 2.45) is 0 Å². The molecule has 0 saturated heterocycles. The molecule has 8 heavy (non-hydrogen) atoms. The molecule has 0 amide bonds. The molecule has 1 rings (SSSR count). The number of hydrogen-bond acceptors (Lipinski definition) is 2. The Hall–Kier alpha value is -0.0300. The molecule has 0 saturated carbocycles. The molecule has 1 aromatic rings. The highest BCUT2D eigenvalue weighted by molar-refractivity contribution is 14.1. The predicted octanol–water partition coefficient (Wildman–Crippen LogP) is 2.15. The van der Waals surface area contributed by atoms with E-state index in [0.29, 0.717) is 6.61 Å². The summed E-state index contributed by atoms with van der Waals surface area (Å²) >= 11 is 1.85. The van der Waals surface area contributed by atoms with E-state index < -0.39 is 0 Å². The van der Waals surface area contributed by atoms with Crippen molar-refractivity contribution in [1.29, 1.82) is 0 Å². The smallest absolute Gasteiger partial charge is 0.110 e. The van der Waals surface area contributed by atoms with Crippen molar-refractivity contribution in [3.8, 4) is 0 Å². The lowest BCUT2D eigenvalue weighted by Gasteiger charge is -1.85. The SMILES string of the molecule is IOCc1ccoc1. The minimum Gasteiger partial charge on any atom is -0.472 e. The van der Waals surface area contributed by atoms with E-state index in [2.05, 4.69) is 0 Å². The van der Waals surface area contributed by atoms with Gasteiger partial charge < -0.3 is 7.48 Å². The summed E-state index contributed by atoms with van der Waals surface area (Å²) in [6, 6.07) is 1.87. The van der Waals surface area contributed by atoms with Crippen LogP contribution in [0.4, 0.5) is 0 Å². The van der Waals surface area contributed by atoms with Crippen LogP contribution in [0.25, 0.3) is 0 Å². The maximum Gasteiger partial charge on any atom is 0.110 e. The lowest BCUT2D eigenvalue weighted by molar-refractivity contribution is 0.414. The Morgan fingerprint density at radius 2 is 2.62 bits per heavy atom. The summed E-state index contributed by atoms with van der Waals surface area (Å²) in [5.74, 6) is 0. The van der Waals surface area contributed by atoms with Crippen LogP contribution in [-0.2, 0) is 9.67 Å². The van der Waals surface area contributed by atoms with Crippen molar-refractivity contribution in [3.63, 3.8) is 0 Å². The quantitative estimate of drug-likeness (QED) is 0.718. The van der Waals surface area contributed by atoms with Gasteiger partial charge in [0, 0.05) is 5.56 Å². The van der Waals surface area contributed by atoms with Gasteiger partial charge in [0.05, 0.1) is 19.1 Å². The van der Waals surface area contributed by atoms with Gasteiger partial charge in [-0.05, 0) is 6.07 Å².